The maximum absolute atomic E-state index is 12.3. The Morgan fingerprint density at radius 2 is 2.25 bits per heavy atom. The van der Waals surface area contributed by atoms with Gasteiger partial charge in [-0.05, 0) is 0 Å². The van der Waals surface area contributed by atoms with Crippen molar-refractivity contribution in [3.8, 4) is 5.75 Å². The van der Waals surface area contributed by atoms with Crippen LogP contribution in [-0.4, -0.2) is 23.2 Å². The average Bonchev–Trinajstić information content (AvgIpc) is 2.16. The lowest BCUT2D eigenvalue weighted by molar-refractivity contribution is -0.136. The first-order valence-corrected chi connectivity index (χ1v) is 4.25. The van der Waals surface area contributed by atoms with E-state index in [1.165, 1.54) is 0 Å². The van der Waals surface area contributed by atoms with Gasteiger partial charge in [-0.3, -0.25) is 9.59 Å². The van der Waals surface area contributed by atoms with Crippen LogP contribution in [0.4, 0.5) is 8.78 Å². The third-order valence-electron chi connectivity index (χ3n) is 1.91. The van der Waals surface area contributed by atoms with E-state index in [9.17, 15) is 18.4 Å². The molecule has 2 N–H and O–H groups in total. The summed E-state index contributed by atoms with van der Waals surface area (Å²) in [6.07, 6.45) is -2.63. The Morgan fingerprint density at radius 1 is 1.62 bits per heavy atom. The second-order valence-electron chi connectivity index (χ2n) is 2.96. The maximum atomic E-state index is 12.3. The Labute approximate surface area is 88.7 Å². The molecule has 88 valence electrons. The van der Waals surface area contributed by atoms with Crippen molar-refractivity contribution >= 4 is 5.97 Å². The van der Waals surface area contributed by atoms with Crippen LogP contribution >= 0.6 is 0 Å². The summed E-state index contributed by atoms with van der Waals surface area (Å²) in [5.74, 6) is -1.58. The molecule has 0 aromatic carbocycles. The average molecular weight is 233 g/mol. The first kappa shape index (κ1) is 12.2. The first-order chi connectivity index (χ1) is 7.47. The van der Waals surface area contributed by atoms with Crippen LogP contribution in [0.15, 0.2) is 11.0 Å². The van der Waals surface area contributed by atoms with Crippen LogP contribution in [0, 0.1) is 0 Å². The smallest absolute Gasteiger partial charge is 0.309 e. The lowest BCUT2D eigenvalue weighted by Gasteiger charge is -2.07. The second-order valence-corrected chi connectivity index (χ2v) is 2.96. The van der Waals surface area contributed by atoms with Crippen LogP contribution in [-0.2, 0) is 11.2 Å². The third-order valence-corrected chi connectivity index (χ3v) is 1.91. The molecular weight excluding hydrogens is 224 g/mol. The summed E-state index contributed by atoms with van der Waals surface area (Å²) in [5.41, 5.74) is -1.78. The highest BCUT2D eigenvalue weighted by molar-refractivity contribution is 5.70. The van der Waals surface area contributed by atoms with Gasteiger partial charge in [-0.15, -0.1) is 0 Å². The van der Waals surface area contributed by atoms with E-state index in [1.807, 2.05) is 0 Å². The summed E-state index contributed by atoms with van der Waals surface area (Å²) in [5, 5.41) is 8.53. The zero-order valence-corrected chi connectivity index (χ0v) is 8.29. The Hall–Kier alpha value is -1.92. The quantitative estimate of drug-likeness (QED) is 0.811. The lowest BCUT2D eigenvalue weighted by atomic mass is 10.2. The fraction of sp³-hybridized carbons (Fsp3) is 0.333. The van der Waals surface area contributed by atoms with Crippen LogP contribution in [0.2, 0.25) is 0 Å². The molecule has 0 saturated heterocycles. The second kappa shape index (κ2) is 4.73. The number of H-pyrrole nitrogens is 1. The molecule has 16 heavy (non-hydrogen) atoms. The molecule has 1 aromatic rings. The van der Waals surface area contributed by atoms with Crippen molar-refractivity contribution in [3.63, 3.8) is 0 Å². The number of ether oxygens (including phenoxy) is 1. The van der Waals surface area contributed by atoms with Crippen LogP contribution in [0.3, 0.4) is 0 Å². The number of halogens is 2. The van der Waals surface area contributed by atoms with Gasteiger partial charge in [-0.2, -0.15) is 0 Å². The highest BCUT2D eigenvalue weighted by Crippen LogP contribution is 2.19. The van der Waals surface area contributed by atoms with E-state index in [0.29, 0.717) is 0 Å². The van der Waals surface area contributed by atoms with Gasteiger partial charge < -0.3 is 14.8 Å². The zero-order chi connectivity index (χ0) is 12.3. The molecule has 0 aliphatic heterocycles. The van der Waals surface area contributed by atoms with Crippen molar-refractivity contribution in [3.05, 3.63) is 27.7 Å². The number of carboxylic acids is 1. The fourth-order valence-electron chi connectivity index (χ4n) is 1.22. The molecule has 0 unspecified atom stereocenters. The van der Waals surface area contributed by atoms with Gasteiger partial charge in [0.15, 0.2) is 5.75 Å². The van der Waals surface area contributed by atoms with Crippen LogP contribution in [0.25, 0.3) is 0 Å². The normalized spacial score (nSPS) is 10.5. The molecule has 0 radical (unpaired) electrons. The minimum atomic E-state index is -2.93. The summed E-state index contributed by atoms with van der Waals surface area (Å²) in [7, 11) is 1.12. The summed E-state index contributed by atoms with van der Waals surface area (Å²) in [6, 6.07) is 0. The molecule has 0 aliphatic carbocycles. The number of aromatic nitrogens is 1. The fourth-order valence-corrected chi connectivity index (χ4v) is 1.22. The highest BCUT2D eigenvalue weighted by atomic mass is 19.3. The lowest BCUT2D eigenvalue weighted by Crippen LogP contribution is -2.17. The third kappa shape index (κ3) is 2.36. The highest BCUT2D eigenvalue weighted by Gasteiger charge is 2.19. The van der Waals surface area contributed by atoms with Gasteiger partial charge in [0.05, 0.1) is 24.8 Å². The van der Waals surface area contributed by atoms with Crippen molar-refractivity contribution in [2.24, 2.45) is 0 Å². The van der Waals surface area contributed by atoms with Gasteiger partial charge in [-0.25, -0.2) is 8.78 Å². The number of pyridine rings is 1. The molecule has 5 nitrogen and oxygen atoms in total. The van der Waals surface area contributed by atoms with Crippen LogP contribution in [0.1, 0.15) is 17.7 Å². The summed E-state index contributed by atoms with van der Waals surface area (Å²) >= 11 is 0. The molecule has 0 saturated carbocycles. The largest absolute Gasteiger partial charge is 0.491 e. The van der Waals surface area contributed by atoms with Gasteiger partial charge in [-0.1, -0.05) is 0 Å². The first-order valence-electron chi connectivity index (χ1n) is 4.25. The van der Waals surface area contributed by atoms with Gasteiger partial charge >= 0.3 is 5.97 Å². The van der Waals surface area contributed by atoms with Crippen molar-refractivity contribution in [1.82, 2.24) is 4.98 Å². The number of hydrogen-bond donors (Lipinski definition) is 2. The standard InChI is InChI=1S/C9H9F2NO4/c1-16-8-5(2-6(13)14)12-3-4(7(8)15)9(10)11/h3,9H,2H2,1H3,(H,12,15)(H,13,14). The number of rotatable bonds is 4. The van der Waals surface area contributed by atoms with Crippen LogP contribution < -0.4 is 10.2 Å². The van der Waals surface area contributed by atoms with E-state index in [2.05, 4.69) is 9.72 Å². The van der Waals surface area contributed by atoms with Crippen molar-refractivity contribution < 1.29 is 23.4 Å². The molecule has 7 heteroatoms. The number of hydrogen-bond acceptors (Lipinski definition) is 3. The molecule has 0 amide bonds. The van der Waals surface area contributed by atoms with E-state index in [0.717, 1.165) is 13.3 Å². The molecule has 1 rings (SSSR count). The molecule has 0 aliphatic rings. The number of methoxy groups -OCH3 is 1. The Kier molecular flexibility index (Phi) is 3.60. The number of alkyl halides is 2. The molecule has 0 atom stereocenters. The molecule has 0 bridgehead atoms. The Balaban J connectivity index is 3.29. The summed E-state index contributed by atoms with van der Waals surface area (Å²) < 4.78 is 29.3. The van der Waals surface area contributed by atoms with E-state index in [1.54, 1.807) is 0 Å². The Morgan fingerprint density at radius 3 is 2.69 bits per heavy atom. The van der Waals surface area contributed by atoms with Gasteiger partial charge in [0.25, 0.3) is 6.43 Å². The van der Waals surface area contributed by atoms with Crippen molar-refractivity contribution in [1.29, 1.82) is 0 Å². The summed E-state index contributed by atoms with van der Waals surface area (Å²) in [4.78, 5) is 24.2. The van der Waals surface area contributed by atoms with E-state index in [4.69, 9.17) is 5.11 Å². The molecule has 1 aromatic heterocycles. The number of carbonyl (C=O) groups is 1. The SMILES string of the molecule is COc1c(CC(=O)O)[nH]cc(C(F)F)c1=O. The molecule has 1 heterocycles. The summed E-state index contributed by atoms with van der Waals surface area (Å²) in [6.45, 7) is 0. The van der Waals surface area contributed by atoms with Gasteiger partial charge in [0, 0.05) is 6.20 Å². The number of nitrogens with one attached hydrogen (secondary N) is 1. The zero-order valence-electron chi connectivity index (χ0n) is 8.29. The van der Waals surface area contributed by atoms with Crippen LogP contribution in [0.5, 0.6) is 5.75 Å². The van der Waals surface area contributed by atoms with E-state index >= 15 is 0 Å². The predicted octanol–water partition coefficient (Wildman–Crippen LogP) is 0.948. The Bertz CT molecular complexity index is 455. The predicted molar refractivity (Wildman–Crippen MR) is 49.9 cm³/mol. The molecular formula is C9H9F2NO4. The van der Waals surface area contributed by atoms with Crippen molar-refractivity contribution in [2.45, 2.75) is 12.8 Å². The molecule has 0 spiro atoms. The number of carboxylic acid groups (broad SMARTS) is 1. The van der Waals surface area contributed by atoms with E-state index < -0.39 is 29.8 Å². The minimum absolute atomic E-state index is 0.0376. The van der Waals surface area contributed by atoms with Gasteiger partial charge in [0.1, 0.15) is 0 Å². The number of aliphatic carboxylic acids is 1. The minimum Gasteiger partial charge on any atom is -0.491 e. The maximum Gasteiger partial charge on any atom is 0.309 e. The van der Waals surface area contributed by atoms with E-state index in [-0.39, 0.29) is 11.4 Å². The topological polar surface area (TPSA) is 79.4 Å². The number of aromatic amines is 1. The van der Waals surface area contributed by atoms with Crippen molar-refractivity contribution in [2.75, 3.05) is 7.11 Å². The monoisotopic (exact) mass is 233 g/mol. The molecule has 0 fully saturated rings. The van der Waals surface area contributed by atoms with Gasteiger partial charge in [0.2, 0.25) is 5.43 Å².